The van der Waals surface area contributed by atoms with Crippen LogP contribution in [-0.2, 0) is 23.7 Å². The highest BCUT2D eigenvalue weighted by Crippen LogP contribution is 2.39. The van der Waals surface area contributed by atoms with Crippen molar-refractivity contribution in [2.24, 2.45) is 5.41 Å². The van der Waals surface area contributed by atoms with Gasteiger partial charge in [0, 0.05) is 12.0 Å². The van der Waals surface area contributed by atoms with Gasteiger partial charge >= 0.3 is 0 Å². The fourth-order valence-electron chi connectivity index (χ4n) is 3.66. The van der Waals surface area contributed by atoms with Gasteiger partial charge in [-0.3, -0.25) is 0 Å². The predicted molar refractivity (Wildman–Crippen MR) is 145 cm³/mol. The molecule has 37 heavy (non-hydrogen) atoms. The zero-order valence-electron chi connectivity index (χ0n) is 24.9. The molecule has 0 spiro atoms. The summed E-state index contributed by atoms with van der Waals surface area (Å²) in [6.45, 7) is 18.8. The highest BCUT2D eigenvalue weighted by atomic mass is 16.5. The van der Waals surface area contributed by atoms with Crippen molar-refractivity contribution in [2.75, 3.05) is 59.5 Å². The first-order valence-corrected chi connectivity index (χ1v) is 13.9. The highest BCUT2D eigenvalue weighted by Gasteiger charge is 2.42. The highest BCUT2D eigenvalue weighted by molar-refractivity contribution is 4.92. The Morgan fingerprint density at radius 2 is 1.08 bits per heavy atom. The molecule has 5 unspecified atom stereocenters. The molecule has 4 N–H and O–H groups in total. The van der Waals surface area contributed by atoms with Gasteiger partial charge < -0.3 is 44.1 Å². The van der Waals surface area contributed by atoms with Gasteiger partial charge in [-0.1, -0.05) is 34.6 Å². The molecule has 0 bridgehead atoms. The van der Waals surface area contributed by atoms with Crippen LogP contribution in [0.3, 0.4) is 0 Å². The van der Waals surface area contributed by atoms with Crippen molar-refractivity contribution in [3.63, 3.8) is 0 Å². The zero-order chi connectivity index (χ0) is 28.6. The molecular weight excluding hydrogens is 480 g/mol. The van der Waals surface area contributed by atoms with Gasteiger partial charge in [0.05, 0.1) is 69.7 Å². The second-order valence-corrected chi connectivity index (χ2v) is 11.4. The van der Waals surface area contributed by atoms with Crippen LogP contribution in [0.2, 0.25) is 0 Å². The van der Waals surface area contributed by atoms with Gasteiger partial charge in [-0.25, -0.2) is 0 Å². The van der Waals surface area contributed by atoms with E-state index >= 15 is 0 Å². The summed E-state index contributed by atoms with van der Waals surface area (Å²) in [5.41, 5.74) is -1.36. The topological polar surface area (TPSA) is 127 Å². The third-order valence-corrected chi connectivity index (χ3v) is 7.93. The maximum atomic E-state index is 9.45. The van der Waals surface area contributed by atoms with E-state index in [9.17, 15) is 10.2 Å². The first-order valence-electron chi connectivity index (χ1n) is 13.9. The molecule has 0 aromatic heterocycles. The molecule has 5 atom stereocenters. The van der Waals surface area contributed by atoms with Crippen molar-refractivity contribution in [2.45, 2.75) is 117 Å². The summed E-state index contributed by atoms with van der Waals surface area (Å²) in [6.07, 6.45) is 2.20. The summed E-state index contributed by atoms with van der Waals surface area (Å²) in [5, 5.41) is 36.6. The van der Waals surface area contributed by atoms with E-state index in [2.05, 4.69) is 55.4 Å². The summed E-state index contributed by atoms with van der Waals surface area (Å²) in [7, 11) is 0. The Morgan fingerprint density at radius 1 is 0.595 bits per heavy atom. The Kier molecular flexibility index (Phi) is 17.9. The zero-order valence-corrected chi connectivity index (χ0v) is 24.9. The summed E-state index contributed by atoms with van der Waals surface area (Å²) < 4.78 is 29.9. The minimum atomic E-state index is -0.862. The molecule has 0 saturated carbocycles. The third kappa shape index (κ3) is 14.0. The van der Waals surface area contributed by atoms with Gasteiger partial charge in [0.25, 0.3) is 0 Å². The lowest BCUT2D eigenvalue weighted by Crippen LogP contribution is -2.49. The number of hydrogen-bond acceptors (Lipinski definition) is 9. The van der Waals surface area contributed by atoms with Crippen LogP contribution in [-0.4, -0.2) is 109 Å². The molecule has 0 rings (SSSR count). The lowest BCUT2D eigenvalue weighted by molar-refractivity contribution is -0.174. The molecule has 9 heteroatoms. The number of ether oxygens (including phenoxy) is 5. The number of rotatable bonds is 24. The Labute approximate surface area is 225 Å². The molecule has 0 aliphatic rings. The molecule has 0 amide bonds. The second kappa shape index (κ2) is 18.1. The fraction of sp³-hybridized carbons (Fsp3) is 1.00. The maximum Gasteiger partial charge on any atom is 0.100 e. The molecule has 0 aromatic rings. The molecule has 0 aliphatic carbocycles. The monoisotopic (exact) mass is 538 g/mol. The van der Waals surface area contributed by atoms with Crippen LogP contribution in [0.4, 0.5) is 0 Å². The quantitative estimate of drug-likeness (QED) is 0.137. The van der Waals surface area contributed by atoms with Crippen molar-refractivity contribution < 1.29 is 44.1 Å². The van der Waals surface area contributed by atoms with Crippen LogP contribution in [0, 0.1) is 5.41 Å². The lowest BCUT2D eigenvalue weighted by Gasteiger charge is -2.45. The van der Waals surface area contributed by atoms with Crippen LogP contribution in [0.1, 0.15) is 87.5 Å². The van der Waals surface area contributed by atoms with Crippen molar-refractivity contribution in [3.8, 4) is 0 Å². The maximum absolute atomic E-state index is 9.45. The van der Waals surface area contributed by atoms with Crippen molar-refractivity contribution in [1.82, 2.24) is 0 Å². The van der Waals surface area contributed by atoms with Crippen LogP contribution < -0.4 is 0 Å². The van der Waals surface area contributed by atoms with Gasteiger partial charge in [0.2, 0.25) is 0 Å². The normalized spacial score (nSPS) is 19.1. The van der Waals surface area contributed by atoms with Gasteiger partial charge in [0.1, 0.15) is 12.2 Å². The van der Waals surface area contributed by atoms with Gasteiger partial charge in [-0.05, 0) is 52.9 Å². The molecule has 0 aromatic carbocycles. The van der Waals surface area contributed by atoms with E-state index in [1.54, 1.807) is 0 Å². The molecule has 224 valence electrons. The van der Waals surface area contributed by atoms with Crippen LogP contribution >= 0.6 is 0 Å². The van der Waals surface area contributed by atoms with E-state index in [1.807, 2.05) is 0 Å². The lowest BCUT2D eigenvalue weighted by atomic mass is 9.74. The Morgan fingerprint density at radius 3 is 1.57 bits per heavy atom. The van der Waals surface area contributed by atoms with E-state index in [4.69, 9.17) is 33.9 Å². The molecule has 0 aliphatic heterocycles. The Bertz CT molecular complexity index is 576. The van der Waals surface area contributed by atoms with Gasteiger partial charge in [-0.2, -0.15) is 0 Å². The van der Waals surface area contributed by atoms with Crippen molar-refractivity contribution >= 4 is 0 Å². The second-order valence-electron chi connectivity index (χ2n) is 11.4. The average Bonchev–Trinajstić information content (AvgIpc) is 2.89. The van der Waals surface area contributed by atoms with E-state index < -0.39 is 17.8 Å². The third-order valence-electron chi connectivity index (χ3n) is 7.93. The Balaban J connectivity index is 4.79. The smallest absolute Gasteiger partial charge is 0.100 e. The molecule has 0 fully saturated rings. The number of aliphatic hydroxyl groups is 4. The van der Waals surface area contributed by atoms with Crippen molar-refractivity contribution in [1.29, 1.82) is 0 Å². The van der Waals surface area contributed by atoms with Crippen molar-refractivity contribution in [3.05, 3.63) is 0 Å². The van der Waals surface area contributed by atoms with Crippen LogP contribution in [0.25, 0.3) is 0 Å². The summed E-state index contributed by atoms with van der Waals surface area (Å²) >= 11 is 0. The summed E-state index contributed by atoms with van der Waals surface area (Å²) in [5.74, 6) is 0. The van der Waals surface area contributed by atoms with E-state index in [0.717, 1.165) is 25.7 Å². The fourth-order valence-corrected chi connectivity index (χ4v) is 3.66. The Hall–Kier alpha value is -0.360. The average molecular weight is 539 g/mol. The SMILES string of the molecule is CCC(C)(CCOC(C)(CC)C(C)(C)COC(C)(CC)CCOCC(O)CO)OCCOCC(O)CO. The first-order chi connectivity index (χ1) is 17.3. The predicted octanol–water partition coefficient (Wildman–Crippen LogP) is 3.09. The molecule has 0 saturated heterocycles. The number of aliphatic hydroxyl groups excluding tert-OH is 4. The summed E-state index contributed by atoms with van der Waals surface area (Å²) in [4.78, 5) is 0. The van der Waals surface area contributed by atoms with Gasteiger partial charge in [0.15, 0.2) is 0 Å². The van der Waals surface area contributed by atoms with E-state index in [-0.39, 0.29) is 43.0 Å². The largest absolute Gasteiger partial charge is 0.394 e. The van der Waals surface area contributed by atoms with Crippen LogP contribution in [0.15, 0.2) is 0 Å². The van der Waals surface area contributed by atoms with Crippen LogP contribution in [0.5, 0.6) is 0 Å². The molecule has 0 heterocycles. The molecular formula is C28H58O9. The minimum Gasteiger partial charge on any atom is -0.394 e. The summed E-state index contributed by atoms with van der Waals surface area (Å²) in [6, 6.07) is 0. The van der Waals surface area contributed by atoms with E-state index in [0.29, 0.717) is 39.5 Å². The van der Waals surface area contributed by atoms with Gasteiger partial charge in [-0.15, -0.1) is 0 Å². The first kappa shape index (κ1) is 36.6. The number of hydrogen-bond donors (Lipinski definition) is 4. The minimum absolute atomic E-state index is 0.0920. The van der Waals surface area contributed by atoms with E-state index in [1.165, 1.54) is 0 Å². The molecule has 0 radical (unpaired) electrons. The standard InChI is InChI=1S/C28H58O9/c1-9-26(6,35-17-16-34-21-24(32)19-30)13-15-36-28(8,11-3)25(4,5)22-37-27(7,10-2)12-14-33-20-23(31)18-29/h23-24,29-32H,9-22H2,1-8H3. The molecule has 9 nitrogen and oxygen atoms in total.